The highest BCUT2D eigenvalue weighted by atomic mass is 16.5. The van der Waals surface area contributed by atoms with Crippen molar-refractivity contribution in [2.45, 2.75) is 6.42 Å². The molecule has 1 aliphatic rings. The molecule has 0 unspecified atom stereocenters. The second-order valence-electron chi connectivity index (χ2n) is 1.54. The molecule has 0 fully saturated rings. The number of hydrogen-bond acceptors (Lipinski definition) is 3. The van der Waals surface area contributed by atoms with Crippen LogP contribution in [0.3, 0.4) is 0 Å². The van der Waals surface area contributed by atoms with E-state index in [4.69, 9.17) is 0 Å². The predicted molar refractivity (Wildman–Crippen MR) is 29.4 cm³/mol. The molecule has 1 heterocycles. The number of hydroxylamine groups is 2. The van der Waals surface area contributed by atoms with Crippen molar-refractivity contribution in [3.8, 4) is 0 Å². The molecule has 9 heavy (non-hydrogen) atoms. The third-order valence-corrected chi connectivity index (χ3v) is 0.920. The zero-order valence-electron chi connectivity index (χ0n) is 4.48. The Morgan fingerprint density at radius 1 is 1.33 bits per heavy atom. The van der Waals surface area contributed by atoms with Gasteiger partial charge in [-0.25, -0.2) is 0 Å². The van der Waals surface area contributed by atoms with Gasteiger partial charge in [0, 0.05) is 0 Å². The highest BCUT2D eigenvalue weighted by Crippen LogP contribution is 1.86. The zero-order valence-corrected chi connectivity index (χ0v) is 4.48. The molecule has 0 atom stereocenters. The Bertz CT molecular complexity index is 186. The minimum Gasteiger partial charge on any atom is -0.612 e. The molecule has 5 heteroatoms. The maximum atomic E-state index is 10.3. The monoisotopic (exact) mass is 128 g/mol. The summed E-state index contributed by atoms with van der Waals surface area (Å²) in [6.07, 6.45) is 2.41. The number of carbonyl (C=O) groups excluding carboxylic acids is 1. The van der Waals surface area contributed by atoms with Gasteiger partial charge in [-0.2, -0.15) is 0 Å². The number of carbonyl (C=O) groups is 1. The third kappa shape index (κ3) is 0.883. The van der Waals surface area contributed by atoms with Gasteiger partial charge in [-0.15, -0.1) is 4.79 Å². The van der Waals surface area contributed by atoms with Crippen molar-refractivity contribution in [2.75, 3.05) is 0 Å². The van der Waals surface area contributed by atoms with Crippen LogP contribution in [0.15, 0.2) is 0 Å². The SMILES string of the molecule is O=C1[N+]([O-])=CCC=[N+]1[O-]. The van der Waals surface area contributed by atoms with E-state index in [2.05, 4.69) is 0 Å². The molecular formula is C4H4N2O3. The maximum Gasteiger partial charge on any atom is 0.694 e. The summed E-state index contributed by atoms with van der Waals surface area (Å²) in [5.74, 6) is 0. The van der Waals surface area contributed by atoms with Crippen LogP contribution in [-0.4, -0.2) is 27.9 Å². The summed E-state index contributed by atoms with van der Waals surface area (Å²) in [5, 5.41) is 20.5. The van der Waals surface area contributed by atoms with Gasteiger partial charge >= 0.3 is 6.03 Å². The minimum absolute atomic E-state index is 0.0208. The Morgan fingerprint density at radius 2 is 1.78 bits per heavy atom. The maximum absolute atomic E-state index is 10.3. The zero-order chi connectivity index (χ0) is 6.85. The average molecular weight is 128 g/mol. The van der Waals surface area contributed by atoms with Crippen LogP contribution in [0.2, 0.25) is 0 Å². The van der Waals surface area contributed by atoms with Gasteiger partial charge in [0.15, 0.2) is 12.4 Å². The van der Waals surface area contributed by atoms with Crippen molar-refractivity contribution in [2.24, 2.45) is 0 Å². The van der Waals surface area contributed by atoms with E-state index in [0.717, 1.165) is 12.4 Å². The normalized spacial score (nSPS) is 18.9. The average Bonchev–Trinajstić information content (AvgIpc) is 1.83. The second-order valence-corrected chi connectivity index (χ2v) is 1.54. The lowest BCUT2D eigenvalue weighted by Gasteiger charge is -2.01. The van der Waals surface area contributed by atoms with Gasteiger partial charge < -0.3 is 10.4 Å². The largest absolute Gasteiger partial charge is 0.694 e. The van der Waals surface area contributed by atoms with Crippen LogP contribution in [0.4, 0.5) is 4.79 Å². The molecule has 0 saturated heterocycles. The molecule has 0 spiro atoms. The van der Waals surface area contributed by atoms with E-state index in [9.17, 15) is 15.2 Å². The van der Waals surface area contributed by atoms with E-state index in [1.807, 2.05) is 0 Å². The highest BCUT2D eigenvalue weighted by Gasteiger charge is 2.24. The first-order chi connectivity index (χ1) is 4.22. The predicted octanol–water partition coefficient (Wildman–Crippen LogP) is -0.328. The Balaban J connectivity index is 2.86. The fourth-order valence-electron chi connectivity index (χ4n) is 0.492. The summed E-state index contributed by atoms with van der Waals surface area (Å²) < 4.78 is 0.0417. The van der Waals surface area contributed by atoms with E-state index in [-0.39, 0.29) is 15.9 Å². The number of hydrogen-bond donors (Lipinski definition) is 0. The van der Waals surface area contributed by atoms with Gasteiger partial charge in [-0.1, -0.05) is 9.48 Å². The van der Waals surface area contributed by atoms with E-state index >= 15 is 0 Å². The molecule has 48 valence electrons. The summed E-state index contributed by atoms with van der Waals surface area (Å²) in [4.78, 5) is 10.3. The fraction of sp³-hybridized carbons (Fsp3) is 0.250. The van der Waals surface area contributed by atoms with E-state index in [0.29, 0.717) is 0 Å². The summed E-state index contributed by atoms with van der Waals surface area (Å²) in [6, 6.07) is -1.08. The standard InChI is InChI=1S/C4H4N2O3/c7-4-5(8)2-1-3-6(4)9/h2-3H,1H2. The van der Waals surface area contributed by atoms with E-state index in [1.165, 1.54) is 0 Å². The molecular weight excluding hydrogens is 124 g/mol. The van der Waals surface area contributed by atoms with Crippen LogP contribution in [0, 0.1) is 10.4 Å². The molecule has 1 aliphatic heterocycles. The molecule has 0 aromatic rings. The van der Waals surface area contributed by atoms with Crippen LogP contribution in [0.5, 0.6) is 0 Å². The number of nitrogens with zero attached hydrogens (tertiary/aromatic N) is 2. The number of rotatable bonds is 0. The van der Waals surface area contributed by atoms with Crippen LogP contribution >= 0.6 is 0 Å². The van der Waals surface area contributed by atoms with Gasteiger partial charge in [-0.3, -0.25) is 0 Å². The first-order valence-electron chi connectivity index (χ1n) is 2.35. The molecule has 0 aliphatic carbocycles. The van der Waals surface area contributed by atoms with Gasteiger partial charge in [0.1, 0.15) is 6.42 Å². The van der Waals surface area contributed by atoms with Gasteiger partial charge in [0.2, 0.25) is 0 Å². The molecule has 0 aromatic heterocycles. The quantitative estimate of drug-likeness (QED) is 0.331. The molecule has 0 aromatic carbocycles. The molecule has 0 radical (unpaired) electrons. The highest BCUT2D eigenvalue weighted by molar-refractivity contribution is 5.82. The van der Waals surface area contributed by atoms with Crippen molar-refractivity contribution in [1.29, 1.82) is 0 Å². The number of amides is 2. The van der Waals surface area contributed by atoms with E-state index < -0.39 is 6.03 Å². The van der Waals surface area contributed by atoms with Crippen LogP contribution in [0.1, 0.15) is 6.42 Å². The third-order valence-electron chi connectivity index (χ3n) is 0.920. The molecule has 1 rings (SSSR count). The summed E-state index contributed by atoms with van der Waals surface area (Å²) >= 11 is 0. The Kier molecular flexibility index (Phi) is 1.18. The van der Waals surface area contributed by atoms with Crippen LogP contribution in [-0.2, 0) is 0 Å². The topological polar surface area (TPSA) is 69.2 Å². The lowest BCUT2D eigenvalue weighted by Crippen LogP contribution is -2.29. The van der Waals surface area contributed by atoms with Gasteiger partial charge in [0.25, 0.3) is 0 Å². The summed E-state index contributed by atoms with van der Waals surface area (Å²) in [5.41, 5.74) is 0. The van der Waals surface area contributed by atoms with Crippen LogP contribution in [0.25, 0.3) is 0 Å². The van der Waals surface area contributed by atoms with Crippen molar-refractivity contribution in [3.05, 3.63) is 10.4 Å². The minimum atomic E-state index is -1.08. The molecule has 0 bridgehead atoms. The number of urea groups is 1. The Hall–Kier alpha value is -1.39. The van der Waals surface area contributed by atoms with Crippen molar-refractivity contribution in [1.82, 2.24) is 0 Å². The molecule has 0 saturated carbocycles. The summed E-state index contributed by atoms with van der Waals surface area (Å²) in [6.45, 7) is 0. The molecule has 2 amide bonds. The van der Waals surface area contributed by atoms with Gasteiger partial charge in [0.05, 0.1) is 0 Å². The Morgan fingerprint density at radius 3 is 2.11 bits per heavy atom. The summed E-state index contributed by atoms with van der Waals surface area (Å²) in [7, 11) is 0. The van der Waals surface area contributed by atoms with Crippen molar-refractivity contribution >= 4 is 18.5 Å². The van der Waals surface area contributed by atoms with Gasteiger partial charge in [-0.05, 0) is 0 Å². The van der Waals surface area contributed by atoms with Crippen LogP contribution < -0.4 is 0 Å². The van der Waals surface area contributed by atoms with Crippen molar-refractivity contribution < 1.29 is 14.3 Å². The smallest absolute Gasteiger partial charge is 0.612 e. The lowest BCUT2D eigenvalue weighted by atomic mass is 10.5. The first kappa shape index (κ1) is 5.74. The first-order valence-corrected chi connectivity index (χ1v) is 2.35. The molecule has 0 N–H and O–H groups in total. The fourth-order valence-corrected chi connectivity index (χ4v) is 0.492. The van der Waals surface area contributed by atoms with E-state index in [1.54, 1.807) is 0 Å². The molecule has 5 nitrogen and oxygen atoms in total. The van der Waals surface area contributed by atoms with Crippen molar-refractivity contribution in [3.63, 3.8) is 0 Å². The Labute approximate surface area is 50.7 Å². The lowest BCUT2D eigenvalue weighted by molar-refractivity contribution is -0.504. The second kappa shape index (κ2) is 1.85.